The van der Waals surface area contributed by atoms with Crippen LogP contribution in [0.15, 0.2) is 36.9 Å². The van der Waals surface area contributed by atoms with Crippen molar-refractivity contribution in [2.75, 3.05) is 0 Å². The predicted octanol–water partition coefficient (Wildman–Crippen LogP) is 4.44. The van der Waals surface area contributed by atoms with Crippen LogP contribution in [0.4, 0.5) is 22.0 Å². The fraction of sp³-hybridized carbons (Fsp3) is 0. The van der Waals surface area contributed by atoms with Gasteiger partial charge >= 0.3 is 0 Å². The molecule has 98 valence electrons. The van der Waals surface area contributed by atoms with Crippen molar-refractivity contribution in [2.45, 2.75) is 0 Å². The molecule has 2 aromatic carbocycles. The second-order valence-electron chi connectivity index (χ2n) is 3.79. The first-order chi connectivity index (χ1) is 8.95. The second kappa shape index (κ2) is 4.84. The Bertz CT molecular complexity index is 618. The van der Waals surface area contributed by atoms with Crippen molar-refractivity contribution >= 4 is 5.57 Å². The maximum Gasteiger partial charge on any atom is 0.200 e. The molecular formula is C14H7F5. The molecule has 0 fully saturated rings. The molecule has 0 unspecified atom stereocenters. The highest BCUT2D eigenvalue weighted by Crippen LogP contribution is 2.30. The monoisotopic (exact) mass is 270 g/mol. The molecule has 5 heteroatoms. The van der Waals surface area contributed by atoms with E-state index in [0.29, 0.717) is 0 Å². The van der Waals surface area contributed by atoms with Gasteiger partial charge in [-0.3, -0.25) is 0 Å². The molecule has 2 aromatic rings. The normalized spacial score (nSPS) is 10.6. The molecule has 0 atom stereocenters. The molecule has 0 aromatic heterocycles. The summed E-state index contributed by atoms with van der Waals surface area (Å²) in [6.45, 7) is 3.39. The molecular weight excluding hydrogens is 263 g/mol. The number of hydrogen-bond donors (Lipinski definition) is 0. The van der Waals surface area contributed by atoms with Gasteiger partial charge < -0.3 is 0 Å². The van der Waals surface area contributed by atoms with Crippen molar-refractivity contribution in [3.63, 3.8) is 0 Å². The van der Waals surface area contributed by atoms with Gasteiger partial charge in [-0.15, -0.1) is 0 Å². The summed E-state index contributed by atoms with van der Waals surface area (Å²) < 4.78 is 66.2. The molecule has 0 radical (unpaired) electrons. The Balaban J connectivity index is 2.67. The summed E-state index contributed by atoms with van der Waals surface area (Å²) >= 11 is 0. The lowest BCUT2D eigenvalue weighted by Crippen LogP contribution is -2.06. The molecule has 0 spiro atoms. The van der Waals surface area contributed by atoms with E-state index in [9.17, 15) is 22.0 Å². The molecule has 0 nitrogen and oxygen atoms in total. The summed E-state index contributed by atoms with van der Waals surface area (Å²) in [4.78, 5) is 0. The van der Waals surface area contributed by atoms with Gasteiger partial charge in [-0.25, -0.2) is 22.0 Å². The average Bonchev–Trinajstić information content (AvgIpc) is 2.44. The van der Waals surface area contributed by atoms with Gasteiger partial charge in [0.2, 0.25) is 5.82 Å². The first-order valence-electron chi connectivity index (χ1n) is 5.21. The number of halogens is 5. The lowest BCUT2D eigenvalue weighted by Gasteiger charge is -2.10. The molecule has 0 saturated heterocycles. The molecule has 0 aliphatic rings. The summed E-state index contributed by atoms with van der Waals surface area (Å²) in [7, 11) is 0. The predicted molar refractivity (Wildman–Crippen MR) is 60.8 cm³/mol. The molecule has 2 rings (SSSR count). The smallest absolute Gasteiger partial charge is 0.200 e. The van der Waals surface area contributed by atoms with Gasteiger partial charge in [-0.1, -0.05) is 36.9 Å². The van der Waals surface area contributed by atoms with Crippen molar-refractivity contribution in [3.05, 3.63) is 77.1 Å². The average molecular weight is 270 g/mol. The van der Waals surface area contributed by atoms with E-state index in [1.165, 1.54) is 12.1 Å². The van der Waals surface area contributed by atoms with Crippen molar-refractivity contribution in [2.24, 2.45) is 0 Å². The molecule has 0 bridgehead atoms. The number of rotatable bonds is 2. The number of hydrogen-bond acceptors (Lipinski definition) is 0. The lowest BCUT2D eigenvalue weighted by molar-refractivity contribution is 0.376. The van der Waals surface area contributed by atoms with Crippen LogP contribution in [-0.4, -0.2) is 0 Å². The molecule has 0 aliphatic heterocycles. The SMILES string of the molecule is C=C(c1ccccc1)c1c(F)c(F)c(F)c(F)c1F. The Morgan fingerprint density at radius 1 is 0.684 bits per heavy atom. The van der Waals surface area contributed by atoms with E-state index in [1.807, 2.05) is 0 Å². The maximum atomic E-state index is 13.6. The first kappa shape index (κ1) is 13.3. The fourth-order valence-corrected chi connectivity index (χ4v) is 1.65. The van der Waals surface area contributed by atoms with Gasteiger partial charge in [-0.2, -0.15) is 0 Å². The van der Waals surface area contributed by atoms with Gasteiger partial charge in [0.25, 0.3) is 0 Å². The van der Waals surface area contributed by atoms with Gasteiger partial charge in [-0.05, 0) is 11.1 Å². The largest absolute Gasteiger partial charge is 0.203 e. The minimum absolute atomic E-state index is 0.269. The Kier molecular flexibility index (Phi) is 3.38. The van der Waals surface area contributed by atoms with Crippen molar-refractivity contribution in [3.8, 4) is 0 Å². The minimum Gasteiger partial charge on any atom is -0.203 e. The van der Waals surface area contributed by atoms with Crippen molar-refractivity contribution in [1.29, 1.82) is 0 Å². The number of benzene rings is 2. The maximum absolute atomic E-state index is 13.6. The zero-order valence-electron chi connectivity index (χ0n) is 9.48. The summed E-state index contributed by atoms with van der Waals surface area (Å²) in [5, 5.41) is 0. The molecule has 0 N–H and O–H groups in total. The summed E-state index contributed by atoms with van der Waals surface area (Å²) in [5.74, 6) is -9.91. The van der Waals surface area contributed by atoms with E-state index in [2.05, 4.69) is 6.58 Å². The molecule has 0 amide bonds. The summed E-state index contributed by atoms with van der Waals surface area (Å²) in [6.07, 6.45) is 0. The third-order valence-corrected chi connectivity index (χ3v) is 2.63. The molecule has 0 aliphatic carbocycles. The second-order valence-corrected chi connectivity index (χ2v) is 3.79. The standard InChI is InChI=1S/C14H7F5/c1-7(8-5-3-2-4-6-8)9-10(15)12(17)14(19)13(18)11(9)16/h2-6H,1H2. The topological polar surface area (TPSA) is 0 Å². The van der Waals surface area contributed by atoms with Gasteiger partial charge in [0.1, 0.15) is 0 Å². The molecule has 0 heterocycles. The van der Waals surface area contributed by atoms with E-state index < -0.39 is 34.6 Å². The Labute approximate surface area is 105 Å². The summed E-state index contributed by atoms with van der Waals surface area (Å²) in [6, 6.07) is 7.69. The minimum atomic E-state index is -2.18. The van der Waals surface area contributed by atoms with Crippen LogP contribution in [0.3, 0.4) is 0 Å². The highest BCUT2D eigenvalue weighted by Gasteiger charge is 2.27. The van der Waals surface area contributed by atoms with Gasteiger partial charge in [0.05, 0.1) is 5.56 Å². The van der Waals surface area contributed by atoms with E-state index in [0.717, 1.165) is 0 Å². The van der Waals surface area contributed by atoms with Crippen LogP contribution in [0.25, 0.3) is 5.57 Å². The van der Waals surface area contributed by atoms with E-state index in [4.69, 9.17) is 0 Å². The van der Waals surface area contributed by atoms with Crippen LogP contribution in [-0.2, 0) is 0 Å². The summed E-state index contributed by atoms with van der Waals surface area (Å²) in [5.41, 5.74) is -1.01. The van der Waals surface area contributed by atoms with Gasteiger partial charge in [0, 0.05) is 0 Å². The third-order valence-electron chi connectivity index (χ3n) is 2.63. The first-order valence-corrected chi connectivity index (χ1v) is 5.21. The van der Waals surface area contributed by atoms with Crippen molar-refractivity contribution in [1.82, 2.24) is 0 Å². The zero-order valence-corrected chi connectivity index (χ0v) is 9.48. The quantitative estimate of drug-likeness (QED) is 0.430. The van der Waals surface area contributed by atoms with Crippen LogP contribution in [0, 0.1) is 29.1 Å². The van der Waals surface area contributed by atoms with Gasteiger partial charge in [0.15, 0.2) is 23.3 Å². The van der Waals surface area contributed by atoms with Crippen molar-refractivity contribution < 1.29 is 22.0 Å². The Morgan fingerprint density at radius 2 is 1.11 bits per heavy atom. The fourth-order valence-electron chi connectivity index (χ4n) is 1.65. The highest BCUT2D eigenvalue weighted by molar-refractivity contribution is 5.78. The van der Waals surface area contributed by atoms with Crippen LogP contribution in [0.1, 0.15) is 11.1 Å². The lowest BCUT2D eigenvalue weighted by atomic mass is 9.98. The van der Waals surface area contributed by atoms with Crippen LogP contribution in [0.2, 0.25) is 0 Å². The van der Waals surface area contributed by atoms with E-state index >= 15 is 0 Å². The third kappa shape index (κ3) is 2.12. The zero-order chi connectivity index (χ0) is 14.2. The highest BCUT2D eigenvalue weighted by atomic mass is 19.2. The van der Waals surface area contributed by atoms with Crippen LogP contribution < -0.4 is 0 Å². The molecule has 0 saturated carbocycles. The van der Waals surface area contributed by atoms with E-state index in [-0.39, 0.29) is 11.1 Å². The molecule has 19 heavy (non-hydrogen) atoms. The van der Waals surface area contributed by atoms with E-state index in [1.54, 1.807) is 18.2 Å². The van der Waals surface area contributed by atoms with Crippen LogP contribution in [0.5, 0.6) is 0 Å². The van der Waals surface area contributed by atoms with Crippen LogP contribution >= 0.6 is 0 Å². The Hall–Kier alpha value is -2.17. The Morgan fingerprint density at radius 3 is 1.58 bits per heavy atom.